The number of hydrogen-bond acceptors (Lipinski definition) is 2. The molecule has 0 aliphatic carbocycles. The summed E-state index contributed by atoms with van der Waals surface area (Å²) in [6.45, 7) is 8.45. The van der Waals surface area contributed by atoms with Gasteiger partial charge in [-0.15, -0.1) is 0 Å². The smallest absolute Gasteiger partial charge is 0.318 e. The van der Waals surface area contributed by atoms with Crippen LogP contribution in [0, 0.1) is 5.92 Å². The minimum absolute atomic E-state index is 0.0705. The van der Waals surface area contributed by atoms with Gasteiger partial charge in [-0.05, 0) is 32.6 Å². The van der Waals surface area contributed by atoms with Crippen LogP contribution in [0.5, 0.6) is 0 Å². The third-order valence-corrected chi connectivity index (χ3v) is 3.37. The fourth-order valence-electron chi connectivity index (χ4n) is 2.52. The molecule has 1 unspecified atom stereocenters. The van der Waals surface area contributed by atoms with Crippen molar-refractivity contribution in [3.8, 4) is 0 Å². The molecular weight excluding hydrogens is 232 g/mol. The van der Waals surface area contributed by atoms with Crippen LogP contribution >= 0.6 is 0 Å². The van der Waals surface area contributed by atoms with E-state index in [9.17, 15) is 9.59 Å². The van der Waals surface area contributed by atoms with E-state index in [1.807, 2.05) is 4.90 Å². The largest absolute Gasteiger partial charge is 0.481 e. The highest BCUT2D eigenvalue weighted by molar-refractivity contribution is 5.77. The van der Waals surface area contributed by atoms with Crippen LogP contribution in [0.15, 0.2) is 0 Å². The molecule has 1 saturated heterocycles. The SMILES string of the molecule is CC(C)C1CCCN1C(=O)NC(C)(C)CC(=O)O. The summed E-state index contributed by atoms with van der Waals surface area (Å²) in [7, 11) is 0. The summed E-state index contributed by atoms with van der Waals surface area (Å²) in [4.78, 5) is 24.7. The lowest BCUT2D eigenvalue weighted by molar-refractivity contribution is -0.138. The average molecular weight is 256 g/mol. The molecule has 1 atom stereocenters. The van der Waals surface area contributed by atoms with Crippen LogP contribution < -0.4 is 5.32 Å². The topological polar surface area (TPSA) is 69.6 Å². The number of likely N-dealkylation sites (tertiary alicyclic amines) is 1. The van der Waals surface area contributed by atoms with E-state index in [0.29, 0.717) is 5.92 Å². The highest BCUT2D eigenvalue weighted by Crippen LogP contribution is 2.24. The van der Waals surface area contributed by atoms with Crippen molar-refractivity contribution in [1.29, 1.82) is 0 Å². The Kier molecular flexibility index (Phi) is 4.59. The first kappa shape index (κ1) is 14.8. The molecule has 0 aromatic carbocycles. The summed E-state index contributed by atoms with van der Waals surface area (Å²) in [6.07, 6.45) is 1.99. The van der Waals surface area contributed by atoms with Gasteiger partial charge in [-0.25, -0.2) is 4.79 Å². The lowest BCUT2D eigenvalue weighted by Crippen LogP contribution is -2.52. The summed E-state index contributed by atoms with van der Waals surface area (Å²) >= 11 is 0. The van der Waals surface area contributed by atoms with Crippen LogP contribution in [0.4, 0.5) is 4.79 Å². The number of nitrogens with zero attached hydrogens (tertiary/aromatic N) is 1. The molecule has 0 aromatic rings. The quantitative estimate of drug-likeness (QED) is 0.809. The van der Waals surface area contributed by atoms with Crippen molar-refractivity contribution in [2.45, 2.75) is 58.5 Å². The lowest BCUT2D eigenvalue weighted by Gasteiger charge is -2.32. The molecule has 5 nitrogen and oxygen atoms in total. The van der Waals surface area contributed by atoms with E-state index in [2.05, 4.69) is 19.2 Å². The van der Waals surface area contributed by atoms with E-state index >= 15 is 0 Å². The molecule has 1 fully saturated rings. The molecule has 2 amide bonds. The second-order valence-corrected chi connectivity index (χ2v) is 6.03. The summed E-state index contributed by atoms with van der Waals surface area (Å²) in [5.41, 5.74) is -0.715. The Morgan fingerprint density at radius 1 is 1.44 bits per heavy atom. The maximum Gasteiger partial charge on any atom is 0.318 e. The molecule has 1 aliphatic heterocycles. The number of carbonyl (C=O) groups excluding carboxylic acids is 1. The molecule has 104 valence electrons. The zero-order valence-corrected chi connectivity index (χ0v) is 11.7. The van der Waals surface area contributed by atoms with Gasteiger partial charge < -0.3 is 15.3 Å². The van der Waals surface area contributed by atoms with Crippen molar-refractivity contribution in [3.63, 3.8) is 0 Å². The van der Waals surface area contributed by atoms with Crippen molar-refractivity contribution in [2.75, 3.05) is 6.54 Å². The van der Waals surface area contributed by atoms with Gasteiger partial charge in [0.05, 0.1) is 6.42 Å². The minimum Gasteiger partial charge on any atom is -0.481 e. The first-order chi connectivity index (χ1) is 8.23. The van der Waals surface area contributed by atoms with E-state index in [1.165, 1.54) is 0 Å². The summed E-state index contributed by atoms with van der Waals surface area (Å²) in [5, 5.41) is 11.6. The Hall–Kier alpha value is -1.26. The van der Waals surface area contributed by atoms with Crippen LogP contribution in [-0.2, 0) is 4.79 Å². The Morgan fingerprint density at radius 3 is 2.56 bits per heavy atom. The molecule has 0 aromatic heterocycles. The molecule has 0 radical (unpaired) electrons. The van der Waals surface area contributed by atoms with Crippen molar-refractivity contribution in [2.24, 2.45) is 5.92 Å². The van der Waals surface area contributed by atoms with Gasteiger partial charge in [0.1, 0.15) is 0 Å². The highest BCUT2D eigenvalue weighted by atomic mass is 16.4. The van der Waals surface area contributed by atoms with Gasteiger partial charge in [0, 0.05) is 18.1 Å². The zero-order valence-electron chi connectivity index (χ0n) is 11.7. The number of rotatable bonds is 4. The van der Waals surface area contributed by atoms with Gasteiger partial charge in [-0.3, -0.25) is 4.79 Å². The van der Waals surface area contributed by atoms with Gasteiger partial charge in [-0.1, -0.05) is 13.8 Å². The monoisotopic (exact) mass is 256 g/mol. The number of carboxylic acid groups (broad SMARTS) is 1. The van der Waals surface area contributed by atoms with Crippen LogP contribution in [-0.4, -0.2) is 40.1 Å². The third-order valence-electron chi connectivity index (χ3n) is 3.37. The van der Waals surface area contributed by atoms with Gasteiger partial charge >= 0.3 is 12.0 Å². The molecule has 0 saturated carbocycles. The summed E-state index contributed by atoms with van der Waals surface area (Å²) in [6, 6.07) is 0.128. The van der Waals surface area contributed by atoms with Crippen molar-refractivity contribution < 1.29 is 14.7 Å². The molecule has 1 rings (SSSR count). The van der Waals surface area contributed by atoms with E-state index in [-0.39, 0.29) is 18.5 Å². The normalized spacial score (nSPS) is 20.3. The summed E-state index contributed by atoms with van der Waals surface area (Å²) < 4.78 is 0. The van der Waals surface area contributed by atoms with E-state index in [4.69, 9.17) is 5.11 Å². The van der Waals surface area contributed by atoms with Gasteiger partial charge in [0.15, 0.2) is 0 Å². The zero-order chi connectivity index (χ0) is 13.9. The minimum atomic E-state index is -0.901. The van der Waals surface area contributed by atoms with Crippen molar-refractivity contribution in [1.82, 2.24) is 10.2 Å². The van der Waals surface area contributed by atoms with Crippen LogP contribution in [0.1, 0.15) is 47.0 Å². The van der Waals surface area contributed by atoms with E-state index in [0.717, 1.165) is 19.4 Å². The number of amides is 2. The molecule has 1 aliphatic rings. The van der Waals surface area contributed by atoms with Crippen LogP contribution in [0.25, 0.3) is 0 Å². The predicted octanol–water partition coefficient (Wildman–Crippen LogP) is 2.07. The summed E-state index contributed by atoms with van der Waals surface area (Å²) in [5.74, 6) is -0.469. The van der Waals surface area contributed by atoms with Gasteiger partial charge in [0.2, 0.25) is 0 Å². The fraction of sp³-hybridized carbons (Fsp3) is 0.846. The molecule has 1 heterocycles. The number of hydrogen-bond donors (Lipinski definition) is 2. The van der Waals surface area contributed by atoms with Crippen LogP contribution in [0.3, 0.4) is 0 Å². The fourth-order valence-corrected chi connectivity index (χ4v) is 2.52. The molecular formula is C13H24N2O3. The first-order valence-corrected chi connectivity index (χ1v) is 6.53. The Morgan fingerprint density at radius 2 is 2.06 bits per heavy atom. The molecule has 0 spiro atoms. The Labute approximate surface area is 109 Å². The Balaban J connectivity index is 2.62. The number of aliphatic carboxylic acids is 1. The average Bonchev–Trinajstić information content (AvgIpc) is 2.61. The van der Waals surface area contributed by atoms with E-state index in [1.54, 1.807) is 13.8 Å². The van der Waals surface area contributed by atoms with Crippen LogP contribution in [0.2, 0.25) is 0 Å². The maximum absolute atomic E-state index is 12.2. The maximum atomic E-state index is 12.2. The molecule has 18 heavy (non-hydrogen) atoms. The van der Waals surface area contributed by atoms with Crippen molar-refractivity contribution in [3.05, 3.63) is 0 Å². The van der Waals surface area contributed by atoms with Gasteiger partial charge in [-0.2, -0.15) is 0 Å². The lowest BCUT2D eigenvalue weighted by atomic mass is 10.0. The van der Waals surface area contributed by atoms with Gasteiger partial charge in [0.25, 0.3) is 0 Å². The molecule has 5 heteroatoms. The molecule has 0 bridgehead atoms. The second-order valence-electron chi connectivity index (χ2n) is 6.03. The number of nitrogens with one attached hydrogen (secondary N) is 1. The first-order valence-electron chi connectivity index (χ1n) is 6.53. The highest BCUT2D eigenvalue weighted by Gasteiger charge is 2.33. The third kappa shape index (κ3) is 3.89. The molecule has 2 N–H and O–H groups in total. The predicted molar refractivity (Wildman–Crippen MR) is 69.4 cm³/mol. The number of carbonyl (C=O) groups is 2. The number of carboxylic acids is 1. The second kappa shape index (κ2) is 5.59. The van der Waals surface area contributed by atoms with Crippen molar-refractivity contribution >= 4 is 12.0 Å². The standard InChI is InChI=1S/C13H24N2O3/c1-9(2)10-6-5-7-15(10)12(18)14-13(3,4)8-11(16)17/h9-10H,5-8H2,1-4H3,(H,14,18)(H,16,17). The van der Waals surface area contributed by atoms with E-state index < -0.39 is 11.5 Å². The number of urea groups is 1. The Bertz CT molecular complexity index is 326.